The first-order chi connectivity index (χ1) is 9.36. The molecule has 0 atom stereocenters. The van der Waals surface area contributed by atoms with Gasteiger partial charge in [-0.1, -0.05) is 6.92 Å². The van der Waals surface area contributed by atoms with Crippen molar-refractivity contribution in [1.82, 2.24) is 9.29 Å². The van der Waals surface area contributed by atoms with Gasteiger partial charge in [0.1, 0.15) is 4.90 Å². The van der Waals surface area contributed by atoms with Gasteiger partial charge in [-0.25, -0.2) is 8.42 Å². The Morgan fingerprint density at radius 2 is 2.10 bits per heavy atom. The van der Waals surface area contributed by atoms with Crippen LogP contribution in [0.5, 0.6) is 0 Å². The SMILES string of the molecule is CCN(CC(N)=O)S(=O)(=O)c1c[nH]c2cc(N)ccc12. The molecule has 0 bridgehead atoms. The summed E-state index contributed by atoms with van der Waals surface area (Å²) < 4.78 is 26.1. The smallest absolute Gasteiger partial charge is 0.245 e. The van der Waals surface area contributed by atoms with Crippen molar-refractivity contribution in [1.29, 1.82) is 0 Å². The highest BCUT2D eigenvalue weighted by molar-refractivity contribution is 7.89. The topological polar surface area (TPSA) is 122 Å². The van der Waals surface area contributed by atoms with Crippen LogP contribution in [0.15, 0.2) is 29.3 Å². The van der Waals surface area contributed by atoms with Crippen LogP contribution in [0.25, 0.3) is 10.9 Å². The number of aromatic nitrogens is 1. The summed E-state index contributed by atoms with van der Waals surface area (Å²) in [5.74, 6) is -0.695. The highest BCUT2D eigenvalue weighted by Crippen LogP contribution is 2.26. The molecule has 0 saturated carbocycles. The zero-order valence-corrected chi connectivity index (χ0v) is 11.8. The average Bonchev–Trinajstić information content (AvgIpc) is 2.78. The van der Waals surface area contributed by atoms with E-state index in [1.54, 1.807) is 25.1 Å². The van der Waals surface area contributed by atoms with E-state index >= 15 is 0 Å². The van der Waals surface area contributed by atoms with Crippen molar-refractivity contribution < 1.29 is 13.2 Å². The maximum absolute atomic E-state index is 12.5. The normalized spacial score (nSPS) is 12.1. The summed E-state index contributed by atoms with van der Waals surface area (Å²) in [5, 5.41) is 0.530. The Labute approximate surface area is 116 Å². The van der Waals surface area contributed by atoms with E-state index in [0.29, 0.717) is 16.6 Å². The molecule has 1 aromatic carbocycles. The molecule has 108 valence electrons. The van der Waals surface area contributed by atoms with Crippen molar-refractivity contribution in [2.75, 3.05) is 18.8 Å². The molecular formula is C12H16N4O3S. The summed E-state index contributed by atoms with van der Waals surface area (Å²) >= 11 is 0. The monoisotopic (exact) mass is 296 g/mol. The van der Waals surface area contributed by atoms with E-state index in [0.717, 1.165) is 4.31 Å². The molecule has 7 nitrogen and oxygen atoms in total. The third-order valence-electron chi connectivity index (χ3n) is 2.97. The minimum absolute atomic E-state index is 0.107. The van der Waals surface area contributed by atoms with Gasteiger partial charge in [0, 0.05) is 29.3 Å². The maximum atomic E-state index is 12.5. The number of nitrogens with one attached hydrogen (secondary N) is 1. The molecule has 0 fully saturated rings. The molecule has 1 aromatic heterocycles. The second-order valence-electron chi connectivity index (χ2n) is 4.36. The number of hydrogen-bond donors (Lipinski definition) is 3. The van der Waals surface area contributed by atoms with E-state index in [2.05, 4.69) is 4.98 Å². The van der Waals surface area contributed by atoms with Crippen LogP contribution in [0.1, 0.15) is 6.92 Å². The zero-order valence-electron chi connectivity index (χ0n) is 11.0. The Morgan fingerprint density at radius 3 is 2.70 bits per heavy atom. The van der Waals surface area contributed by atoms with Crippen LogP contribution in [0.3, 0.4) is 0 Å². The number of anilines is 1. The summed E-state index contributed by atoms with van der Waals surface area (Å²) in [6.07, 6.45) is 1.39. The second-order valence-corrected chi connectivity index (χ2v) is 6.26. The molecule has 8 heteroatoms. The number of nitrogen functional groups attached to an aromatic ring is 1. The molecule has 0 spiro atoms. The average molecular weight is 296 g/mol. The highest BCUT2D eigenvalue weighted by atomic mass is 32.2. The van der Waals surface area contributed by atoms with Crippen molar-refractivity contribution in [3.63, 3.8) is 0 Å². The number of fused-ring (bicyclic) bond motifs is 1. The molecule has 2 aromatic rings. The number of amides is 1. The third-order valence-corrected chi connectivity index (χ3v) is 4.93. The Balaban J connectivity index is 2.53. The number of carbonyl (C=O) groups is 1. The van der Waals surface area contributed by atoms with Crippen molar-refractivity contribution in [3.8, 4) is 0 Å². The predicted molar refractivity (Wildman–Crippen MR) is 76.3 cm³/mol. The number of primary amides is 1. The number of rotatable bonds is 5. The lowest BCUT2D eigenvalue weighted by molar-refractivity contribution is -0.118. The van der Waals surface area contributed by atoms with Gasteiger partial charge in [-0.15, -0.1) is 0 Å². The minimum Gasteiger partial charge on any atom is -0.399 e. The van der Waals surface area contributed by atoms with Gasteiger partial charge in [0.05, 0.1) is 6.54 Å². The summed E-state index contributed by atoms with van der Waals surface area (Å²) in [6, 6.07) is 4.91. The molecule has 0 radical (unpaired) electrons. The molecule has 1 heterocycles. The standard InChI is InChI=1S/C12H16N4O3S/c1-2-16(7-12(14)17)20(18,19)11-6-15-10-5-8(13)3-4-9(10)11/h3-6,15H,2,7,13H2,1H3,(H2,14,17). The van der Waals surface area contributed by atoms with Crippen molar-refractivity contribution in [2.24, 2.45) is 5.73 Å². The third kappa shape index (κ3) is 2.47. The molecule has 2 rings (SSSR count). The number of likely N-dealkylation sites (N-methyl/N-ethyl adjacent to an activating group) is 1. The summed E-state index contributed by atoms with van der Waals surface area (Å²) in [7, 11) is -3.78. The van der Waals surface area contributed by atoms with Crippen LogP contribution in [0.2, 0.25) is 0 Å². The lowest BCUT2D eigenvalue weighted by Crippen LogP contribution is -2.38. The lowest BCUT2D eigenvalue weighted by Gasteiger charge is -2.18. The number of aromatic amines is 1. The van der Waals surface area contributed by atoms with Gasteiger partial charge >= 0.3 is 0 Å². The number of sulfonamides is 1. The van der Waals surface area contributed by atoms with Gasteiger partial charge in [-0.05, 0) is 18.2 Å². The fraction of sp³-hybridized carbons (Fsp3) is 0.250. The molecular weight excluding hydrogens is 280 g/mol. The van der Waals surface area contributed by atoms with Gasteiger partial charge in [0.2, 0.25) is 15.9 Å². The summed E-state index contributed by atoms with van der Waals surface area (Å²) in [4.78, 5) is 14.0. The number of nitrogens with two attached hydrogens (primary N) is 2. The fourth-order valence-corrected chi connectivity index (χ4v) is 3.59. The number of nitrogens with zero attached hydrogens (tertiary/aromatic N) is 1. The number of hydrogen-bond acceptors (Lipinski definition) is 4. The molecule has 0 aliphatic carbocycles. The van der Waals surface area contributed by atoms with Crippen LogP contribution in [-0.2, 0) is 14.8 Å². The van der Waals surface area contributed by atoms with Crippen LogP contribution in [-0.4, -0.2) is 36.7 Å². The Bertz CT molecular complexity index is 751. The number of benzene rings is 1. The van der Waals surface area contributed by atoms with Crippen LogP contribution in [0, 0.1) is 0 Å². The van der Waals surface area contributed by atoms with Gasteiger partial charge in [0.15, 0.2) is 0 Å². The van der Waals surface area contributed by atoms with Gasteiger partial charge in [-0.2, -0.15) is 4.31 Å². The Morgan fingerprint density at radius 1 is 1.40 bits per heavy atom. The second kappa shape index (κ2) is 5.14. The van der Waals surface area contributed by atoms with E-state index < -0.39 is 15.9 Å². The molecule has 0 aliphatic rings. The van der Waals surface area contributed by atoms with Gasteiger partial charge in [-0.3, -0.25) is 4.79 Å². The van der Waals surface area contributed by atoms with Crippen LogP contribution < -0.4 is 11.5 Å². The van der Waals surface area contributed by atoms with Crippen molar-refractivity contribution >= 4 is 32.5 Å². The molecule has 1 amide bonds. The Hall–Kier alpha value is -2.06. The first-order valence-corrected chi connectivity index (χ1v) is 7.45. The highest BCUT2D eigenvalue weighted by Gasteiger charge is 2.27. The summed E-state index contributed by atoms with van der Waals surface area (Å²) in [5.41, 5.74) is 11.9. The first kappa shape index (κ1) is 14.4. The van der Waals surface area contributed by atoms with E-state index in [-0.39, 0.29) is 18.0 Å². The first-order valence-electron chi connectivity index (χ1n) is 6.01. The molecule has 0 saturated heterocycles. The van der Waals surface area contributed by atoms with Crippen molar-refractivity contribution in [2.45, 2.75) is 11.8 Å². The van der Waals surface area contributed by atoms with Gasteiger partial charge < -0.3 is 16.5 Å². The maximum Gasteiger partial charge on any atom is 0.245 e. The molecule has 5 N–H and O–H groups in total. The number of H-pyrrole nitrogens is 1. The number of carbonyl (C=O) groups excluding carboxylic acids is 1. The molecule has 20 heavy (non-hydrogen) atoms. The molecule has 0 unspecified atom stereocenters. The quantitative estimate of drug-likeness (QED) is 0.684. The lowest BCUT2D eigenvalue weighted by atomic mass is 10.2. The van der Waals surface area contributed by atoms with Gasteiger partial charge in [0.25, 0.3) is 0 Å². The van der Waals surface area contributed by atoms with E-state index in [1.165, 1.54) is 6.20 Å². The predicted octanol–water partition coefficient (Wildman–Crippen LogP) is 0.246. The zero-order chi connectivity index (χ0) is 14.9. The van der Waals surface area contributed by atoms with E-state index in [1.807, 2.05) is 0 Å². The van der Waals surface area contributed by atoms with E-state index in [4.69, 9.17) is 11.5 Å². The van der Waals surface area contributed by atoms with E-state index in [9.17, 15) is 13.2 Å². The largest absolute Gasteiger partial charge is 0.399 e. The van der Waals surface area contributed by atoms with Crippen LogP contribution >= 0.6 is 0 Å². The minimum atomic E-state index is -3.78. The fourth-order valence-electron chi connectivity index (χ4n) is 2.01. The van der Waals surface area contributed by atoms with Crippen LogP contribution in [0.4, 0.5) is 5.69 Å². The Kier molecular flexibility index (Phi) is 3.69. The molecule has 0 aliphatic heterocycles. The van der Waals surface area contributed by atoms with Crippen molar-refractivity contribution in [3.05, 3.63) is 24.4 Å². The summed E-state index contributed by atoms with van der Waals surface area (Å²) in [6.45, 7) is 1.46.